The van der Waals surface area contributed by atoms with Crippen LogP contribution in [-0.2, 0) is 0 Å². The number of nitrogens with one attached hydrogen (secondary N) is 2. The lowest BCUT2D eigenvalue weighted by molar-refractivity contribution is 1.53. The fourth-order valence-corrected chi connectivity index (χ4v) is 3.75. The smallest absolute Gasteiger partial charge is 0.0384 e. The van der Waals surface area contributed by atoms with E-state index in [9.17, 15) is 0 Å². The molecule has 32 heavy (non-hydrogen) atoms. The van der Waals surface area contributed by atoms with Crippen molar-refractivity contribution in [3.8, 4) is 22.3 Å². The van der Waals surface area contributed by atoms with Crippen molar-refractivity contribution >= 4 is 22.7 Å². The minimum atomic E-state index is 1.08. The van der Waals surface area contributed by atoms with E-state index in [2.05, 4.69) is 108 Å². The van der Waals surface area contributed by atoms with E-state index in [1.807, 2.05) is 36.4 Å². The van der Waals surface area contributed by atoms with Crippen LogP contribution < -0.4 is 10.6 Å². The molecule has 0 aromatic heterocycles. The van der Waals surface area contributed by atoms with Crippen LogP contribution in [0.15, 0.2) is 133 Å². The van der Waals surface area contributed by atoms with Gasteiger partial charge in [-0.2, -0.15) is 0 Å². The Morgan fingerprint density at radius 2 is 0.656 bits per heavy atom. The summed E-state index contributed by atoms with van der Waals surface area (Å²) in [6.07, 6.45) is 0. The van der Waals surface area contributed by atoms with Crippen LogP contribution in [0.5, 0.6) is 0 Å². The van der Waals surface area contributed by atoms with E-state index < -0.39 is 0 Å². The molecule has 2 N–H and O–H groups in total. The van der Waals surface area contributed by atoms with Gasteiger partial charge in [0.05, 0.1) is 0 Å². The summed E-state index contributed by atoms with van der Waals surface area (Å²) >= 11 is 0. The van der Waals surface area contributed by atoms with Crippen molar-refractivity contribution in [3.63, 3.8) is 0 Å². The Bertz CT molecular complexity index is 1180. The van der Waals surface area contributed by atoms with Crippen molar-refractivity contribution in [1.29, 1.82) is 0 Å². The largest absolute Gasteiger partial charge is 0.356 e. The van der Waals surface area contributed by atoms with Gasteiger partial charge in [-0.3, -0.25) is 0 Å². The summed E-state index contributed by atoms with van der Waals surface area (Å²) in [6, 6.07) is 46.3. The van der Waals surface area contributed by atoms with Gasteiger partial charge < -0.3 is 10.6 Å². The van der Waals surface area contributed by atoms with E-state index >= 15 is 0 Å². The van der Waals surface area contributed by atoms with E-state index in [1.54, 1.807) is 0 Å². The highest BCUT2D eigenvalue weighted by Crippen LogP contribution is 2.29. The van der Waals surface area contributed by atoms with E-state index in [4.69, 9.17) is 0 Å². The van der Waals surface area contributed by atoms with Crippen molar-refractivity contribution < 1.29 is 0 Å². The fraction of sp³-hybridized carbons (Fsp3) is 0. The Balaban J connectivity index is 1.32. The molecule has 0 saturated heterocycles. The third-order valence-corrected chi connectivity index (χ3v) is 5.42. The number of hydrogen-bond acceptors (Lipinski definition) is 2. The first kappa shape index (κ1) is 19.7. The van der Waals surface area contributed by atoms with Gasteiger partial charge in [-0.1, -0.05) is 78.9 Å². The maximum Gasteiger partial charge on any atom is 0.0384 e. The van der Waals surface area contributed by atoms with Gasteiger partial charge in [0.2, 0.25) is 0 Å². The molecule has 0 aliphatic rings. The van der Waals surface area contributed by atoms with Crippen LogP contribution in [0.1, 0.15) is 0 Å². The van der Waals surface area contributed by atoms with Gasteiger partial charge in [-0.15, -0.1) is 0 Å². The van der Waals surface area contributed by atoms with Gasteiger partial charge in [0, 0.05) is 22.7 Å². The third kappa shape index (κ3) is 4.71. The minimum Gasteiger partial charge on any atom is -0.356 e. The topological polar surface area (TPSA) is 24.1 Å². The monoisotopic (exact) mass is 412 g/mol. The third-order valence-electron chi connectivity index (χ3n) is 5.42. The molecule has 0 saturated carbocycles. The zero-order chi connectivity index (χ0) is 21.6. The summed E-state index contributed by atoms with van der Waals surface area (Å²) in [7, 11) is 0. The summed E-state index contributed by atoms with van der Waals surface area (Å²) in [4.78, 5) is 0. The highest BCUT2D eigenvalue weighted by atomic mass is 14.9. The molecule has 0 unspecified atom stereocenters. The molecule has 5 aromatic carbocycles. The first-order valence-corrected chi connectivity index (χ1v) is 10.8. The zero-order valence-electron chi connectivity index (χ0n) is 17.7. The number of benzene rings is 5. The Kier molecular flexibility index (Phi) is 5.67. The first-order valence-electron chi connectivity index (χ1n) is 10.8. The van der Waals surface area contributed by atoms with Crippen LogP contribution in [0.4, 0.5) is 22.7 Å². The van der Waals surface area contributed by atoms with Crippen LogP contribution in [-0.4, -0.2) is 0 Å². The lowest BCUT2D eigenvalue weighted by Crippen LogP contribution is -1.90. The van der Waals surface area contributed by atoms with Crippen molar-refractivity contribution in [2.45, 2.75) is 0 Å². The van der Waals surface area contributed by atoms with Crippen LogP contribution >= 0.6 is 0 Å². The molecule has 0 spiro atoms. The Morgan fingerprint density at radius 3 is 1.06 bits per heavy atom. The highest BCUT2D eigenvalue weighted by Gasteiger charge is 2.03. The summed E-state index contributed by atoms with van der Waals surface area (Å²) < 4.78 is 0. The van der Waals surface area contributed by atoms with E-state index in [0.717, 1.165) is 22.7 Å². The van der Waals surface area contributed by atoms with Crippen molar-refractivity contribution in [3.05, 3.63) is 133 Å². The Morgan fingerprint density at radius 1 is 0.281 bits per heavy atom. The predicted octanol–water partition coefficient (Wildman–Crippen LogP) is 8.51. The molecule has 154 valence electrons. The van der Waals surface area contributed by atoms with E-state index in [1.165, 1.54) is 22.3 Å². The quantitative estimate of drug-likeness (QED) is 0.292. The second kappa shape index (κ2) is 9.23. The number of anilines is 4. The standard InChI is InChI=1S/C30H24N2/c1-3-10-27(11-4-1)31-29-18-14-23(15-19-29)25-8-7-9-26(22-25)24-16-20-30(21-17-24)32-28-12-5-2-6-13-28/h1-22,31-32H. The van der Waals surface area contributed by atoms with Crippen molar-refractivity contribution in [1.82, 2.24) is 0 Å². The highest BCUT2D eigenvalue weighted by molar-refractivity contribution is 5.75. The molecular formula is C30H24N2. The summed E-state index contributed by atoms with van der Waals surface area (Å²) in [6.45, 7) is 0. The predicted molar refractivity (Wildman–Crippen MR) is 137 cm³/mol. The van der Waals surface area contributed by atoms with Gasteiger partial charge in [-0.05, 0) is 76.9 Å². The molecular weight excluding hydrogens is 388 g/mol. The number of para-hydroxylation sites is 2. The summed E-state index contributed by atoms with van der Waals surface area (Å²) in [5.74, 6) is 0. The number of hydrogen-bond donors (Lipinski definition) is 2. The van der Waals surface area contributed by atoms with Crippen LogP contribution in [0.2, 0.25) is 0 Å². The van der Waals surface area contributed by atoms with Crippen LogP contribution in [0, 0.1) is 0 Å². The average molecular weight is 413 g/mol. The normalized spacial score (nSPS) is 10.5. The number of rotatable bonds is 6. The van der Waals surface area contributed by atoms with Crippen molar-refractivity contribution in [2.75, 3.05) is 10.6 Å². The molecule has 2 heteroatoms. The van der Waals surface area contributed by atoms with Crippen LogP contribution in [0.3, 0.4) is 0 Å². The minimum absolute atomic E-state index is 1.08. The summed E-state index contributed by atoms with van der Waals surface area (Å²) in [5, 5.41) is 6.87. The van der Waals surface area contributed by atoms with Gasteiger partial charge in [0.15, 0.2) is 0 Å². The Hall–Kier alpha value is -4.30. The molecule has 5 aromatic rings. The summed E-state index contributed by atoms with van der Waals surface area (Å²) in [5.41, 5.74) is 9.16. The Labute approximate surface area is 189 Å². The maximum absolute atomic E-state index is 3.44. The molecule has 0 fully saturated rings. The molecule has 0 amide bonds. The molecule has 0 radical (unpaired) electrons. The van der Waals surface area contributed by atoms with Gasteiger partial charge >= 0.3 is 0 Å². The lowest BCUT2D eigenvalue weighted by atomic mass is 9.99. The van der Waals surface area contributed by atoms with E-state index in [0.29, 0.717) is 0 Å². The van der Waals surface area contributed by atoms with Crippen LogP contribution in [0.25, 0.3) is 22.3 Å². The van der Waals surface area contributed by atoms with Gasteiger partial charge in [0.1, 0.15) is 0 Å². The SMILES string of the molecule is c1ccc(Nc2ccc(-c3cccc(-c4ccc(Nc5ccccc5)cc4)c3)cc2)cc1. The zero-order valence-corrected chi connectivity index (χ0v) is 17.7. The second-order valence-corrected chi connectivity index (χ2v) is 7.72. The van der Waals surface area contributed by atoms with Gasteiger partial charge in [0.25, 0.3) is 0 Å². The maximum atomic E-state index is 3.44. The first-order chi connectivity index (χ1) is 15.8. The lowest BCUT2D eigenvalue weighted by Gasteiger charge is -2.10. The molecule has 5 rings (SSSR count). The van der Waals surface area contributed by atoms with Crippen molar-refractivity contribution in [2.24, 2.45) is 0 Å². The molecule has 2 nitrogen and oxygen atoms in total. The average Bonchev–Trinajstić information content (AvgIpc) is 2.86. The molecule has 0 aliphatic heterocycles. The molecule has 0 aliphatic carbocycles. The molecule has 0 bridgehead atoms. The van der Waals surface area contributed by atoms with Gasteiger partial charge in [-0.25, -0.2) is 0 Å². The molecule has 0 atom stereocenters. The molecule has 0 heterocycles. The van der Waals surface area contributed by atoms with E-state index in [-0.39, 0.29) is 0 Å². The fourth-order valence-electron chi connectivity index (χ4n) is 3.75. The second-order valence-electron chi connectivity index (χ2n) is 7.72.